The van der Waals surface area contributed by atoms with Crippen molar-refractivity contribution in [2.45, 2.75) is 0 Å². The fraction of sp³-hybridized carbons (Fsp3) is 0. The number of thiocarbonyl (C=S) groups is 1. The van der Waals surface area contributed by atoms with E-state index in [2.05, 4.69) is 15.5 Å². The molecule has 0 aliphatic rings. The molecule has 0 saturated carbocycles. The number of benzene rings is 2. The van der Waals surface area contributed by atoms with Gasteiger partial charge in [-0.05, 0) is 47.6 Å². The van der Waals surface area contributed by atoms with Crippen molar-refractivity contribution in [2.75, 3.05) is 0 Å². The molecule has 2 aromatic rings. The summed E-state index contributed by atoms with van der Waals surface area (Å²) >= 11 is 5.00. The average Bonchev–Trinajstić information content (AvgIpc) is 2.60. The number of carboxylic acids is 2. The molecule has 0 fully saturated rings. The van der Waals surface area contributed by atoms with Crippen molar-refractivity contribution >= 4 is 41.7 Å². The van der Waals surface area contributed by atoms with Crippen LogP contribution < -0.4 is 5.43 Å². The van der Waals surface area contributed by atoms with E-state index < -0.39 is 11.9 Å². The standard InChI is InChI=1S/C17H13N3O4S/c21-15(22)13-5-1-11(2-6-13)9-18-17(25)20-19-10-12-3-7-14(8-4-12)16(23)24/h1-10H,(H,20,25)(H,21,22)(H,23,24)/b18-9?,19-10+. The zero-order chi connectivity index (χ0) is 18.2. The molecule has 0 bridgehead atoms. The van der Waals surface area contributed by atoms with Crippen LogP contribution in [0.1, 0.15) is 31.8 Å². The molecular weight excluding hydrogens is 342 g/mol. The predicted molar refractivity (Wildman–Crippen MR) is 97.7 cm³/mol. The van der Waals surface area contributed by atoms with E-state index in [1.807, 2.05) is 0 Å². The minimum atomic E-state index is -0.994. The summed E-state index contributed by atoms with van der Waals surface area (Å²) in [4.78, 5) is 25.5. The lowest BCUT2D eigenvalue weighted by Crippen LogP contribution is -2.12. The van der Waals surface area contributed by atoms with E-state index in [1.165, 1.54) is 36.7 Å². The summed E-state index contributed by atoms with van der Waals surface area (Å²) in [5.41, 5.74) is 4.34. The molecule has 2 rings (SSSR count). The first-order chi connectivity index (χ1) is 12.0. The summed E-state index contributed by atoms with van der Waals surface area (Å²) in [7, 11) is 0. The van der Waals surface area contributed by atoms with Gasteiger partial charge in [0.2, 0.25) is 5.11 Å². The van der Waals surface area contributed by atoms with Gasteiger partial charge in [-0.25, -0.2) is 14.6 Å². The highest BCUT2D eigenvalue weighted by Gasteiger charge is 2.01. The molecule has 0 aromatic heterocycles. The van der Waals surface area contributed by atoms with Crippen molar-refractivity contribution < 1.29 is 19.8 Å². The van der Waals surface area contributed by atoms with E-state index in [0.717, 1.165) is 0 Å². The Hall–Kier alpha value is -3.39. The lowest BCUT2D eigenvalue weighted by atomic mass is 10.1. The number of carbonyl (C=O) groups is 2. The second kappa shape index (κ2) is 8.46. The second-order valence-electron chi connectivity index (χ2n) is 4.79. The second-order valence-corrected chi connectivity index (χ2v) is 5.17. The molecule has 0 spiro atoms. The van der Waals surface area contributed by atoms with Crippen LogP contribution in [0.5, 0.6) is 0 Å². The number of carboxylic acid groups (broad SMARTS) is 2. The number of hydrogen-bond acceptors (Lipinski definition) is 4. The molecule has 7 nitrogen and oxygen atoms in total. The molecule has 2 aromatic carbocycles. The van der Waals surface area contributed by atoms with Crippen LogP contribution in [0.25, 0.3) is 0 Å². The van der Waals surface area contributed by atoms with Crippen LogP contribution in [0.4, 0.5) is 0 Å². The zero-order valence-corrected chi connectivity index (χ0v) is 13.6. The molecule has 25 heavy (non-hydrogen) atoms. The maximum absolute atomic E-state index is 10.8. The molecule has 0 saturated heterocycles. The Labute approximate surface area is 148 Å². The lowest BCUT2D eigenvalue weighted by Gasteiger charge is -1.98. The van der Waals surface area contributed by atoms with Crippen molar-refractivity contribution in [3.8, 4) is 0 Å². The molecule has 0 amide bonds. The molecular formula is C17H13N3O4S. The van der Waals surface area contributed by atoms with Crippen LogP contribution in [0.15, 0.2) is 58.6 Å². The Balaban J connectivity index is 1.89. The number of hydrazone groups is 1. The van der Waals surface area contributed by atoms with E-state index in [1.54, 1.807) is 24.3 Å². The predicted octanol–water partition coefficient (Wildman–Crippen LogP) is 2.41. The molecule has 3 N–H and O–H groups in total. The number of nitrogens with one attached hydrogen (secondary N) is 1. The quantitative estimate of drug-likeness (QED) is 0.431. The fourth-order valence-corrected chi connectivity index (χ4v) is 1.85. The third-order valence-corrected chi connectivity index (χ3v) is 3.22. The van der Waals surface area contributed by atoms with Gasteiger partial charge in [-0.3, -0.25) is 5.43 Å². The van der Waals surface area contributed by atoms with E-state index >= 15 is 0 Å². The maximum atomic E-state index is 10.8. The summed E-state index contributed by atoms with van der Waals surface area (Å²) in [6.07, 6.45) is 2.97. The number of aliphatic imine (C=N–C) groups is 1. The van der Waals surface area contributed by atoms with Gasteiger partial charge in [0.15, 0.2) is 0 Å². The van der Waals surface area contributed by atoms with Gasteiger partial charge in [-0.1, -0.05) is 24.3 Å². The first-order valence-corrected chi connectivity index (χ1v) is 7.40. The van der Waals surface area contributed by atoms with Crippen molar-refractivity contribution in [1.29, 1.82) is 0 Å². The highest BCUT2D eigenvalue weighted by Crippen LogP contribution is 2.03. The summed E-state index contributed by atoms with van der Waals surface area (Å²) in [5, 5.41) is 21.7. The van der Waals surface area contributed by atoms with Gasteiger partial charge in [-0.15, -0.1) is 0 Å². The van der Waals surface area contributed by atoms with Crippen molar-refractivity contribution in [1.82, 2.24) is 5.43 Å². The summed E-state index contributed by atoms with van der Waals surface area (Å²) in [6.45, 7) is 0. The van der Waals surface area contributed by atoms with Gasteiger partial charge in [0.1, 0.15) is 0 Å². The topological polar surface area (TPSA) is 111 Å². The van der Waals surface area contributed by atoms with Gasteiger partial charge in [0.05, 0.1) is 17.3 Å². The number of nitrogens with zero attached hydrogens (tertiary/aromatic N) is 2. The van der Waals surface area contributed by atoms with Gasteiger partial charge >= 0.3 is 11.9 Å². The summed E-state index contributed by atoms with van der Waals surface area (Å²) in [5.74, 6) is -1.99. The van der Waals surface area contributed by atoms with Crippen LogP contribution in [-0.2, 0) is 0 Å². The van der Waals surface area contributed by atoms with Crippen LogP contribution in [0.2, 0.25) is 0 Å². The van der Waals surface area contributed by atoms with Crippen LogP contribution in [0, 0.1) is 0 Å². The molecule has 126 valence electrons. The monoisotopic (exact) mass is 355 g/mol. The minimum absolute atomic E-state index is 0.126. The van der Waals surface area contributed by atoms with Crippen molar-refractivity contribution in [2.24, 2.45) is 10.1 Å². The molecule has 0 atom stereocenters. The molecule has 8 heteroatoms. The van der Waals surface area contributed by atoms with Gasteiger partial charge < -0.3 is 10.2 Å². The van der Waals surface area contributed by atoms with E-state index in [9.17, 15) is 9.59 Å². The Bertz CT molecular complexity index is 843. The van der Waals surface area contributed by atoms with Crippen LogP contribution in [-0.4, -0.2) is 39.7 Å². The van der Waals surface area contributed by atoms with E-state index in [4.69, 9.17) is 22.4 Å². The van der Waals surface area contributed by atoms with Gasteiger partial charge in [0.25, 0.3) is 0 Å². The van der Waals surface area contributed by atoms with Crippen molar-refractivity contribution in [3.63, 3.8) is 0 Å². The first kappa shape index (κ1) is 18.0. The Morgan fingerprint density at radius 1 is 0.840 bits per heavy atom. The normalized spacial score (nSPS) is 10.9. The Kier molecular flexibility index (Phi) is 6.08. The SMILES string of the molecule is O=C(O)c1ccc(C=NC(=S)N/N=C/c2ccc(C(=O)O)cc2)cc1. The molecule has 0 unspecified atom stereocenters. The summed E-state index contributed by atoms with van der Waals surface area (Å²) in [6, 6.07) is 12.3. The zero-order valence-electron chi connectivity index (χ0n) is 12.8. The largest absolute Gasteiger partial charge is 0.478 e. The van der Waals surface area contributed by atoms with Crippen molar-refractivity contribution in [3.05, 3.63) is 70.8 Å². The number of rotatable bonds is 5. The highest BCUT2D eigenvalue weighted by atomic mass is 32.1. The summed E-state index contributed by atoms with van der Waals surface area (Å²) < 4.78 is 0. The van der Waals surface area contributed by atoms with Crippen LogP contribution >= 0.6 is 12.2 Å². The highest BCUT2D eigenvalue weighted by molar-refractivity contribution is 7.80. The maximum Gasteiger partial charge on any atom is 0.335 e. The van der Waals surface area contributed by atoms with E-state index in [-0.39, 0.29) is 16.2 Å². The minimum Gasteiger partial charge on any atom is -0.478 e. The molecule has 0 heterocycles. The smallest absolute Gasteiger partial charge is 0.335 e. The first-order valence-electron chi connectivity index (χ1n) is 6.99. The molecule has 0 aliphatic carbocycles. The van der Waals surface area contributed by atoms with E-state index in [0.29, 0.717) is 11.1 Å². The average molecular weight is 355 g/mol. The Morgan fingerprint density at radius 2 is 1.28 bits per heavy atom. The fourth-order valence-electron chi connectivity index (χ4n) is 1.75. The third kappa shape index (κ3) is 5.63. The number of aromatic carboxylic acids is 2. The van der Waals surface area contributed by atoms with Gasteiger partial charge in [0, 0.05) is 6.21 Å². The van der Waals surface area contributed by atoms with Crippen LogP contribution in [0.3, 0.4) is 0 Å². The molecule has 0 radical (unpaired) electrons. The third-order valence-electron chi connectivity index (χ3n) is 3.02. The van der Waals surface area contributed by atoms with Gasteiger partial charge in [-0.2, -0.15) is 5.10 Å². The lowest BCUT2D eigenvalue weighted by molar-refractivity contribution is 0.0686. The Morgan fingerprint density at radius 3 is 1.72 bits per heavy atom. The molecule has 0 aliphatic heterocycles. The number of hydrogen-bond donors (Lipinski definition) is 3.